The molecule has 5 rings (SSSR count). The molecule has 1 aromatic heterocycles. The average Bonchev–Trinajstić information content (AvgIpc) is 3.53. The van der Waals surface area contributed by atoms with Crippen LogP contribution in [0, 0.1) is 11.8 Å². The van der Waals surface area contributed by atoms with E-state index in [-0.39, 0.29) is 47.5 Å². The van der Waals surface area contributed by atoms with Gasteiger partial charge in [-0.05, 0) is 34.1 Å². The van der Waals surface area contributed by atoms with Gasteiger partial charge < -0.3 is 14.7 Å². The zero-order valence-corrected chi connectivity index (χ0v) is 20.0. The Morgan fingerprint density at radius 3 is 2.40 bits per heavy atom. The van der Waals surface area contributed by atoms with Crippen LogP contribution in [0.4, 0.5) is 9.93 Å². The summed E-state index contributed by atoms with van der Waals surface area (Å²) in [5.41, 5.74) is 4.80. The summed E-state index contributed by atoms with van der Waals surface area (Å²) in [6.07, 6.45) is -0.590. The number of aliphatic carboxylic acids is 1. The van der Waals surface area contributed by atoms with Crippen LogP contribution in [0.1, 0.15) is 40.9 Å². The highest BCUT2D eigenvalue weighted by molar-refractivity contribution is 7.14. The van der Waals surface area contributed by atoms with Crippen molar-refractivity contribution < 1.29 is 24.2 Å². The highest BCUT2D eigenvalue weighted by atomic mass is 32.1. The number of nitrogens with zero attached hydrogens (tertiary/aromatic N) is 2. The molecular weight excluding hydrogens is 466 g/mol. The van der Waals surface area contributed by atoms with Crippen LogP contribution in [0.2, 0.25) is 0 Å². The molecule has 2 atom stereocenters. The fourth-order valence-electron chi connectivity index (χ4n) is 5.00. The number of ether oxygens (including phenoxy) is 1. The summed E-state index contributed by atoms with van der Waals surface area (Å²) in [6, 6.07) is 16.2. The van der Waals surface area contributed by atoms with Crippen LogP contribution in [-0.2, 0) is 9.53 Å². The van der Waals surface area contributed by atoms with Gasteiger partial charge in [0.15, 0.2) is 5.13 Å². The third-order valence-corrected chi connectivity index (χ3v) is 7.53. The van der Waals surface area contributed by atoms with Crippen molar-refractivity contribution in [2.45, 2.75) is 19.3 Å². The number of anilines is 1. The van der Waals surface area contributed by atoms with E-state index in [1.807, 2.05) is 31.2 Å². The number of likely N-dealkylation sites (tertiary alicyclic amines) is 1. The molecule has 2 aromatic carbocycles. The molecule has 0 saturated carbocycles. The van der Waals surface area contributed by atoms with E-state index in [2.05, 4.69) is 34.6 Å². The normalized spacial score (nSPS) is 18.7. The monoisotopic (exact) mass is 491 g/mol. The van der Waals surface area contributed by atoms with Gasteiger partial charge in [0.1, 0.15) is 12.3 Å². The summed E-state index contributed by atoms with van der Waals surface area (Å²) >= 11 is 1.15. The maximum atomic E-state index is 12.8. The van der Waals surface area contributed by atoms with Crippen LogP contribution in [0.5, 0.6) is 0 Å². The molecule has 2 heterocycles. The Labute approximate surface area is 206 Å². The molecule has 1 saturated heterocycles. The Hall–Kier alpha value is -3.72. The standard InChI is InChI=1S/C26H25N3O5S/c1-15-11-29(12-16(15)10-23(30)31)24(32)22-14-35-25(27-22)28-26(33)34-13-21-19-8-4-2-6-17(19)18-7-3-5-9-20(18)21/h2-9,14-16,21H,10-13H2,1H3,(H,30,31)(H,27,28,33)/t15-,16-/m1/s1. The Morgan fingerprint density at radius 2 is 1.74 bits per heavy atom. The maximum Gasteiger partial charge on any atom is 0.413 e. The highest BCUT2D eigenvalue weighted by Crippen LogP contribution is 2.44. The Morgan fingerprint density at radius 1 is 1.09 bits per heavy atom. The summed E-state index contributed by atoms with van der Waals surface area (Å²) in [5, 5.41) is 13.6. The van der Waals surface area contributed by atoms with Crippen LogP contribution >= 0.6 is 11.3 Å². The molecule has 2 N–H and O–H groups in total. The van der Waals surface area contributed by atoms with E-state index < -0.39 is 12.1 Å². The number of hydrogen-bond donors (Lipinski definition) is 2. The molecule has 0 unspecified atom stereocenters. The van der Waals surface area contributed by atoms with Crippen molar-refractivity contribution in [1.82, 2.24) is 9.88 Å². The molecule has 8 nitrogen and oxygen atoms in total. The lowest BCUT2D eigenvalue weighted by Gasteiger charge is -2.14. The van der Waals surface area contributed by atoms with Gasteiger partial charge in [-0.1, -0.05) is 55.5 Å². The number of carbonyl (C=O) groups is 3. The summed E-state index contributed by atoms with van der Waals surface area (Å²) in [4.78, 5) is 42.3. The van der Waals surface area contributed by atoms with Crippen LogP contribution in [-0.4, -0.2) is 52.7 Å². The van der Waals surface area contributed by atoms with Gasteiger partial charge in [0.05, 0.1) is 6.42 Å². The first kappa shape index (κ1) is 23.0. The molecule has 2 aliphatic rings. The van der Waals surface area contributed by atoms with E-state index in [4.69, 9.17) is 9.84 Å². The van der Waals surface area contributed by atoms with Crippen molar-refractivity contribution >= 4 is 34.4 Å². The van der Waals surface area contributed by atoms with Gasteiger partial charge in [-0.2, -0.15) is 0 Å². The predicted molar refractivity (Wildman–Crippen MR) is 132 cm³/mol. The number of amides is 2. The minimum absolute atomic E-state index is 0.0383. The molecule has 9 heteroatoms. The van der Waals surface area contributed by atoms with Gasteiger partial charge in [0.2, 0.25) is 0 Å². The van der Waals surface area contributed by atoms with E-state index in [1.165, 1.54) is 0 Å². The van der Waals surface area contributed by atoms with E-state index >= 15 is 0 Å². The maximum absolute atomic E-state index is 12.8. The van der Waals surface area contributed by atoms with Crippen LogP contribution < -0.4 is 5.32 Å². The number of nitrogens with one attached hydrogen (secondary N) is 1. The topological polar surface area (TPSA) is 109 Å². The Kier molecular flexibility index (Phi) is 6.25. The lowest BCUT2D eigenvalue weighted by molar-refractivity contribution is -0.138. The van der Waals surface area contributed by atoms with Crippen molar-refractivity contribution in [3.8, 4) is 11.1 Å². The summed E-state index contributed by atoms with van der Waals surface area (Å²) < 4.78 is 5.54. The molecule has 0 bridgehead atoms. The van der Waals surface area contributed by atoms with Crippen molar-refractivity contribution in [2.24, 2.45) is 11.8 Å². The molecule has 180 valence electrons. The Bertz CT molecular complexity index is 1240. The van der Waals surface area contributed by atoms with Crippen molar-refractivity contribution in [3.63, 3.8) is 0 Å². The second-order valence-electron chi connectivity index (χ2n) is 9.03. The molecule has 1 aliphatic carbocycles. The number of thiazole rings is 1. The van der Waals surface area contributed by atoms with E-state index in [9.17, 15) is 14.4 Å². The number of rotatable bonds is 6. The van der Waals surface area contributed by atoms with Gasteiger partial charge >= 0.3 is 12.1 Å². The van der Waals surface area contributed by atoms with Crippen LogP contribution in [0.15, 0.2) is 53.9 Å². The first-order valence-electron chi connectivity index (χ1n) is 11.5. The zero-order chi connectivity index (χ0) is 24.5. The summed E-state index contributed by atoms with van der Waals surface area (Å²) in [5.74, 6) is -1.14. The molecule has 3 aromatic rings. The molecule has 1 fully saturated rings. The lowest BCUT2D eigenvalue weighted by atomic mass is 9.95. The number of carboxylic acids is 1. The molecule has 0 spiro atoms. The third-order valence-electron chi connectivity index (χ3n) is 6.77. The molecule has 0 radical (unpaired) electrons. The number of aromatic nitrogens is 1. The number of fused-ring (bicyclic) bond motifs is 3. The lowest BCUT2D eigenvalue weighted by Crippen LogP contribution is -2.29. The van der Waals surface area contributed by atoms with E-state index in [1.54, 1.807) is 10.3 Å². The summed E-state index contributed by atoms with van der Waals surface area (Å²) in [7, 11) is 0. The molecule has 1 aliphatic heterocycles. The number of carbonyl (C=O) groups excluding carboxylic acids is 2. The van der Waals surface area contributed by atoms with Gasteiger partial charge in [-0.25, -0.2) is 9.78 Å². The third kappa shape index (κ3) is 4.64. The Balaban J connectivity index is 1.19. The first-order valence-corrected chi connectivity index (χ1v) is 12.4. The SMILES string of the molecule is C[C@@H]1CN(C(=O)c2csc(NC(=O)OCC3c4ccccc4-c4ccccc43)n2)C[C@H]1CC(=O)O. The van der Waals surface area contributed by atoms with Gasteiger partial charge in [0.25, 0.3) is 5.91 Å². The second-order valence-corrected chi connectivity index (χ2v) is 9.89. The van der Waals surface area contributed by atoms with Gasteiger partial charge in [-0.3, -0.25) is 14.9 Å². The fourth-order valence-corrected chi connectivity index (χ4v) is 5.67. The van der Waals surface area contributed by atoms with Crippen molar-refractivity contribution in [3.05, 3.63) is 70.7 Å². The molecular formula is C26H25N3O5S. The van der Waals surface area contributed by atoms with E-state index in [0.717, 1.165) is 33.6 Å². The fraction of sp³-hybridized carbons (Fsp3) is 0.308. The summed E-state index contributed by atoms with van der Waals surface area (Å²) in [6.45, 7) is 3.02. The zero-order valence-electron chi connectivity index (χ0n) is 19.1. The van der Waals surface area contributed by atoms with Crippen LogP contribution in [0.3, 0.4) is 0 Å². The average molecular weight is 492 g/mol. The smallest absolute Gasteiger partial charge is 0.413 e. The molecule has 2 amide bonds. The number of benzene rings is 2. The number of carboxylic acid groups (broad SMARTS) is 1. The molecule has 35 heavy (non-hydrogen) atoms. The van der Waals surface area contributed by atoms with Gasteiger partial charge in [0, 0.05) is 24.4 Å². The largest absolute Gasteiger partial charge is 0.481 e. The first-order chi connectivity index (χ1) is 16.9. The minimum Gasteiger partial charge on any atom is -0.481 e. The van der Waals surface area contributed by atoms with Crippen molar-refractivity contribution in [2.75, 3.05) is 25.0 Å². The number of hydrogen-bond acceptors (Lipinski definition) is 6. The van der Waals surface area contributed by atoms with Crippen molar-refractivity contribution in [1.29, 1.82) is 0 Å². The highest BCUT2D eigenvalue weighted by Gasteiger charge is 2.35. The predicted octanol–water partition coefficient (Wildman–Crippen LogP) is 4.69. The quantitative estimate of drug-likeness (QED) is 0.518. The van der Waals surface area contributed by atoms with E-state index in [0.29, 0.717) is 13.1 Å². The van der Waals surface area contributed by atoms with Crippen LogP contribution in [0.25, 0.3) is 11.1 Å². The van der Waals surface area contributed by atoms with Gasteiger partial charge in [-0.15, -0.1) is 11.3 Å². The second kappa shape index (κ2) is 9.50. The minimum atomic E-state index is -0.862.